The Labute approximate surface area is 149 Å². The molecule has 0 aliphatic carbocycles. The van der Waals surface area contributed by atoms with Crippen LogP contribution < -0.4 is 0 Å². The van der Waals surface area contributed by atoms with E-state index in [-0.39, 0.29) is 6.61 Å². The van der Waals surface area contributed by atoms with Crippen LogP contribution in [-0.2, 0) is 12.8 Å². The fraction of sp³-hybridized carbons (Fsp3) is 0.286. The van der Waals surface area contributed by atoms with E-state index in [0.29, 0.717) is 6.42 Å². The third-order valence-corrected chi connectivity index (χ3v) is 3.84. The summed E-state index contributed by atoms with van der Waals surface area (Å²) in [6, 6.07) is 7.87. The molecule has 20 heavy (non-hydrogen) atoms. The van der Waals surface area contributed by atoms with E-state index in [1.807, 2.05) is 24.4 Å². The summed E-state index contributed by atoms with van der Waals surface area (Å²) in [5, 5.41) is 8.55. The third-order valence-electron chi connectivity index (χ3n) is 2.36. The molecule has 3 nitrogen and oxygen atoms in total. The minimum absolute atomic E-state index is 0.184. The van der Waals surface area contributed by atoms with Gasteiger partial charge in [0, 0.05) is 23.4 Å². The van der Waals surface area contributed by atoms with Crippen molar-refractivity contribution in [2.24, 2.45) is 0 Å². The standard InChI is InChI=1S/C7H7BrIN.C7H8BrNO/c8-7-2-1-6(3-4-9)5-10-7;8-7-2-1-6(3-4-10)5-9-7/h1-2,5H,3-4H2;1-2,5,10H,3-4H2. The molecular formula is C14H15Br2IN2O. The first kappa shape index (κ1) is 18.0. The van der Waals surface area contributed by atoms with Crippen molar-refractivity contribution < 1.29 is 5.11 Å². The highest BCUT2D eigenvalue weighted by molar-refractivity contribution is 14.1. The van der Waals surface area contributed by atoms with E-state index in [9.17, 15) is 0 Å². The molecule has 0 aromatic carbocycles. The molecule has 0 amide bonds. The van der Waals surface area contributed by atoms with Crippen LogP contribution in [0.2, 0.25) is 0 Å². The van der Waals surface area contributed by atoms with Crippen LogP contribution in [0.3, 0.4) is 0 Å². The average molecular weight is 514 g/mol. The van der Waals surface area contributed by atoms with Crippen LogP contribution in [0.4, 0.5) is 0 Å². The van der Waals surface area contributed by atoms with Gasteiger partial charge in [0.25, 0.3) is 0 Å². The topological polar surface area (TPSA) is 46.0 Å². The van der Waals surface area contributed by atoms with Gasteiger partial charge in [-0.1, -0.05) is 34.7 Å². The van der Waals surface area contributed by atoms with Gasteiger partial charge in [-0.3, -0.25) is 0 Å². The molecule has 0 spiro atoms. The maximum atomic E-state index is 8.55. The molecule has 6 heteroatoms. The second kappa shape index (κ2) is 10.6. The van der Waals surface area contributed by atoms with Crippen LogP contribution in [-0.4, -0.2) is 26.1 Å². The zero-order valence-electron chi connectivity index (χ0n) is 10.8. The van der Waals surface area contributed by atoms with E-state index >= 15 is 0 Å². The predicted octanol–water partition coefficient (Wildman–Crippen LogP) is 4.20. The largest absolute Gasteiger partial charge is 0.396 e. The monoisotopic (exact) mass is 512 g/mol. The quantitative estimate of drug-likeness (QED) is 0.379. The van der Waals surface area contributed by atoms with Gasteiger partial charge in [-0.25, -0.2) is 9.97 Å². The summed E-state index contributed by atoms with van der Waals surface area (Å²) in [6.45, 7) is 0.184. The first-order valence-electron chi connectivity index (χ1n) is 6.03. The molecular weight excluding hydrogens is 499 g/mol. The molecule has 0 radical (unpaired) electrons. The average Bonchev–Trinajstić information content (AvgIpc) is 2.45. The number of hydrogen-bond acceptors (Lipinski definition) is 3. The van der Waals surface area contributed by atoms with Crippen LogP contribution in [0.15, 0.2) is 45.9 Å². The molecule has 0 bridgehead atoms. The third kappa shape index (κ3) is 7.66. The molecule has 0 atom stereocenters. The van der Waals surface area contributed by atoms with Crippen LogP contribution >= 0.6 is 54.5 Å². The highest BCUT2D eigenvalue weighted by atomic mass is 127. The normalized spacial score (nSPS) is 9.80. The summed E-state index contributed by atoms with van der Waals surface area (Å²) in [5.74, 6) is 0. The Balaban J connectivity index is 0.000000200. The zero-order chi connectivity index (χ0) is 14.8. The lowest BCUT2D eigenvalue weighted by molar-refractivity contribution is 0.299. The van der Waals surface area contributed by atoms with Crippen molar-refractivity contribution in [1.82, 2.24) is 9.97 Å². The molecule has 108 valence electrons. The van der Waals surface area contributed by atoms with E-state index in [2.05, 4.69) is 70.5 Å². The summed E-state index contributed by atoms with van der Waals surface area (Å²) in [5.41, 5.74) is 2.36. The Bertz CT molecular complexity index is 444. The minimum atomic E-state index is 0.184. The number of nitrogens with zero attached hydrogens (tertiary/aromatic N) is 2. The first-order chi connectivity index (χ1) is 9.65. The molecule has 1 N–H and O–H groups in total. The Morgan fingerprint density at radius 1 is 0.900 bits per heavy atom. The fourth-order valence-corrected chi connectivity index (χ4v) is 2.44. The van der Waals surface area contributed by atoms with E-state index in [1.165, 1.54) is 5.56 Å². The van der Waals surface area contributed by atoms with E-state index in [4.69, 9.17) is 5.11 Å². The number of aliphatic hydroxyl groups is 1. The molecule has 0 fully saturated rings. The smallest absolute Gasteiger partial charge is 0.106 e. The number of aliphatic hydroxyl groups excluding tert-OH is 1. The van der Waals surface area contributed by atoms with Gasteiger partial charge in [0.2, 0.25) is 0 Å². The Hall–Kier alpha value is -0.0500. The van der Waals surface area contributed by atoms with Crippen molar-refractivity contribution >= 4 is 54.5 Å². The summed E-state index contributed by atoms with van der Waals surface area (Å²) in [6.07, 6.45) is 5.45. The summed E-state index contributed by atoms with van der Waals surface area (Å²) >= 11 is 8.87. The molecule has 0 unspecified atom stereocenters. The van der Waals surface area contributed by atoms with E-state index in [0.717, 1.165) is 25.6 Å². The minimum Gasteiger partial charge on any atom is -0.396 e. The molecule has 0 saturated carbocycles. The van der Waals surface area contributed by atoms with Gasteiger partial charge in [0.05, 0.1) is 0 Å². The highest BCUT2D eigenvalue weighted by Crippen LogP contribution is 2.07. The number of aromatic nitrogens is 2. The van der Waals surface area contributed by atoms with Crippen molar-refractivity contribution in [3.8, 4) is 0 Å². The van der Waals surface area contributed by atoms with Crippen LogP contribution in [0.25, 0.3) is 0 Å². The predicted molar refractivity (Wildman–Crippen MR) is 97.3 cm³/mol. The molecule has 2 aromatic rings. The number of alkyl halides is 1. The summed E-state index contributed by atoms with van der Waals surface area (Å²) < 4.78 is 2.89. The lowest BCUT2D eigenvalue weighted by Gasteiger charge is -1.95. The zero-order valence-corrected chi connectivity index (χ0v) is 16.1. The van der Waals surface area contributed by atoms with Gasteiger partial charge < -0.3 is 5.11 Å². The van der Waals surface area contributed by atoms with Crippen molar-refractivity contribution in [3.05, 3.63) is 57.0 Å². The van der Waals surface area contributed by atoms with Crippen molar-refractivity contribution in [1.29, 1.82) is 0 Å². The number of aryl methyl sites for hydroxylation is 1. The maximum Gasteiger partial charge on any atom is 0.106 e. The number of rotatable bonds is 4. The Morgan fingerprint density at radius 2 is 1.40 bits per heavy atom. The SMILES string of the molecule is Brc1ccc(CCI)cn1.OCCc1ccc(Br)nc1. The Kier molecular flexibility index (Phi) is 9.58. The molecule has 2 rings (SSSR count). The number of hydrogen-bond donors (Lipinski definition) is 1. The van der Waals surface area contributed by atoms with Gasteiger partial charge >= 0.3 is 0 Å². The Morgan fingerprint density at radius 3 is 1.75 bits per heavy atom. The molecule has 2 heterocycles. The van der Waals surface area contributed by atoms with Gasteiger partial charge in [-0.15, -0.1) is 0 Å². The van der Waals surface area contributed by atoms with Gasteiger partial charge in [-0.05, 0) is 68.0 Å². The molecule has 0 aliphatic rings. The molecule has 2 aromatic heterocycles. The maximum absolute atomic E-state index is 8.55. The second-order valence-electron chi connectivity index (χ2n) is 3.89. The van der Waals surface area contributed by atoms with Gasteiger partial charge in [0.1, 0.15) is 9.21 Å². The number of halogens is 3. The summed E-state index contributed by atoms with van der Waals surface area (Å²) in [7, 11) is 0. The van der Waals surface area contributed by atoms with E-state index in [1.54, 1.807) is 6.20 Å². The van der Waals surface area contributed by atoms with Crippen molar-refractivity contribution in [2.45, 2.75) is 12.8 Å². The van der Waals surface area contributed by atoms with Gasteiger partial charge in [0.15, 0.2) is 0 Å². The lowest BCUT2D eigenvalue weighted by atomic mass is 10.2. The van der Waals surface area contributed by atoms with E-state index < -0.39 is 0 Å². The second-order valence-corrected chi connectivity index (χ2v) is 6.59. The van der Waals surface area contributed by atoms with Crippen LogP contribution in [0.5, 0.6) is 0 Å². The first-order valence-corrected chi connectivity index (χ1v) is 9.14. The fourth-order valence-electron chi connectivity index (χ4n) is 1.35. The number of pyridine rings is 2. The molecule has 0 saturated heterocycles. The van der Waals surface area contributed by atoms with Crippen molar-refractivity contribution in [2.75, 3.05) is 11.0 Å². The van der Waals surface area contributed by atoms with Gasteiger partial charge in [-0.2, -0.15) is 0 Å². The lowest BCUT2D eigenvalue weighted by Crippen LogP contribution is -1.90. The van der Waals surface area contributed by atoms with Crippen molar-refractivity contribution in [3.63, 3.8) is 0 Å². The summed E-state index contributed by atoms with van der Waals surface area (Å²) in [4.78, 5) is 8.11. The van der Waals surface area contributed by atoms with Crippen LogP contribution in [0, 0.1) is 0 Å². The molecule has 0 aliphatic heterocycles. The van der Waals surface area contributed by atoms with Crippen LogP contribution in [0.1, 0.15) is 11.1 Å². The highest BCUT2D eigenvalue weighted by Gasteiger charge is 1.91.